The number of aliphatic hydroxyl groups excluding tert-OH is 1. The van der Waals surface area contributed by atoms with Crippen molar-refractivity contribution in [3.8, 4) is 0 Å². The maximum Gasteiger partial charge on any atom is 0.142 e. The van der Waals surface area contributed by atoms with Crippen LogP contribution in [-0.4, -0.2) is 30.3 Å². The highest BCUT2D eigenvalue weighted by atomic mass is 79.9. The molecule has 1 rings (SSSR count). The molecular formula is C8H10BrClN2O. The third-order valence-corrected chi connectivity index (χ3v) is 2.38. The maximum absolute atomic E-state index is 8.73. The Hall–Kier alpha value is -0.320. The van der Waals surface area contributed by atoms with Crippen molar-refractivity contribution < 1.29 is 5.11 Å². The molecule has 0 unspecified atom stereocenters. The van der Waals surface area contributed by atoms with Crippen molar-refractivity contribution in [2.75, 3.05) is 25.1 Å². The maximum atomic E-state index is 8.73. The summed E-state index contributed by atoms with van der Waals surface area (Å²) in [5.41, 5.74) is 0. The largest absolute Gasteiger partial charge is 0.395 e. The van der Waals surface area contributed by atoms with Crippen molar-refractivity contribution in [3.63, 3.8) is 0 Å². The number of rotatable bonds is 3. The van der Waals surface area contributed by atoms with Gasteiger partial charge in [0.15, 0.2) is 0 Å². The Kier molecular flexibility index (Phi) is 3.96. The molecule has 0 aliphatic rings. The molecule has 13 heavy (non-hydrogen) atoms. The van der Waals surface area contributed by atoms with Gasteiger partial charge in [-0.15, -0.1) is 0 Å². The highest BCUT2D eigenvalue weighted by Gasteiger charge is 2.06. The molecule has 0 atom stereocenters. The van der Waals surface area contributed by atoms with Gasteiger partial charge >= 0.3 is 0 Å². The van der Waals surface area contributed by atoms with E-state index < -0.39 is 0 Å². The third-order valence-electron chi connectivity index (χ3n) is 1.59. The van der Waals surface area contributed by atoms with E-state index in [0.29, 0.717) is 11.6 Å². The molecule has 0 fully saturated rings. The minimum atomic E-state index is 0.104. The number of halogens is 2. The Morgan fingerprint density at radius 2 is 2.38 bits per heavy atom. The number of pyridine rings is 1. The Morgan fingerprint density at radius 3 is 2.92 bits per heavy atom. The number of anilines is 1. The predicted molar refractivity (Wildman–Crippen MR) is 57.3 cm³/mol. The Morgan fingerprint density at radius 1 is 1.69 bits per heavy atom. The summed E-state index contributed by atoms with van der Waals surface area (Å²) >= 11 is 9.09. The monoisotopic (exact) mass is 264 g/mol. The van der Waals surface area contributed by atoms with Gasteiger partial charge in [0.05, 0.1) is 16.1 Å². The fourth-order valence-corrected chi connectivity index (χ4v) is 1.89. The first-order valence-electron chi connectivity index (χ1n) is 3.78. The molecule has 0 aliphatic carbocycles. The summed E-state index contributed by atoms with van der Waals surface area (Å²) in [7, 11) is 1.86. The lowest BCUT2D eigenvalue weighted by Gasteiger charge is -2.17. The summed E-state index contributed by atoms with van der Waals surface area (Å²) in [5, 5.41) is 9.32. The van der Waals surface area contributed by atoms with Crippen LogP contribution in [-0.2, 0) is 0 Å². The summed E-state index contributed by atoms with van der Waals surface area (Å²) in [6, 6.07) is 1.78. The van der Waals surface area contributed by atoms with Crippen LogP contribution in [0.4, 0.5) is 5.82 Å². The molecule has 0 amide bonds. The summed E-state index contributed by atoms with van der Waals surface area (Å²) in [6.07, 6.45) is 1.58. The summed E-state index contributed by atoms with van der Waals surface area (Å²) in [5.74, 6) is 0.776. The molecule has 5 heteroatoms. The lowest BCUT2D eigenvalue weighted by Crippen LogP contribution is -2.22. The van der Waals surface area contributed by atoms with E-state index in [-0.39, 0.29) is 6.61 Å². The Bertz CT molecular complexity index is 295. The fourth-order valence-electron chi connectivity index (χ4n) is 0.944. The van der Waals surface area contributed by atoms with Crippen molar-refractivity contribution >= 4 is 33.3 Å². The van der Waals surface area contributed by atoms with Gasteiger partial charge in [-0.05, 0) is 22.0 Å². The fraction of sp³-hybridized carbons (Fsp3) is 0.375. The molecule has 0 saturated heterocycles. The van der Waals surface area contributed by atoms with Gasteiger partial charge in [-0.2, -0.15) is 0 Å². The van der Waals surface area contributed by atoms with Crippen LogP contribution >= 0.6 is 27.5 Å². The quantitative estimate of drug-likeness (QED) is 0.907. The zero-order valence-corrected chi connectivity index (χ0v) is 9.51. The van der Waals surface area contributed by atoms with Gasteiger partial charge in [-0.3, -0.25) is 0 Å². The first-order valence-corrected chi connectivity index (χ1v) is 4.95. The summed E-state index contributed by atoms with van der Waals surface area (Å²) in [6.45, 7) is 0.653. The Labute approximate surface area is 90.5 Å². The number of likely N-dealkylation sites (N-methyl/N-ethyl adjacent to an activating group) is 1. The first-order chi connectivity index (χ1) is 6.15. The normalized spacial score (nSPS) is 10.2. The summed E-state index contributed by atoms with van der Waals surface area (Å²) < 4.78 is 0.830. The van der Waals surface area contributed by atoms with Gasteiger partial charge in [0.25, 0.3) is 0 Å². The van der Waals surface area contributed by atoms with Crippen molar-refractivity contribution in [2.24, 2.45) is 0 Å². The number of aromatic nitrogens is 1. The van der Waals surface area contributed by atoms with E-state index >= 15 is 0 Å². The minimum absolute atomic E-state index is 0.104. The SMILES string of the molecule is CN(CCO)c1ncc(Cl)cc1Br. The molecule has 0 radical (unpaired) electrons. The average Bonchev–Trinajstić information content (AvgIpc) is 2.04. The molecule has 3 nitrogen and oxygen atoms in total. The van der Waals surface area contributed by atoms with Crippen LogP contribution in [0, 0.1) is 0 Å². The molecule has 72 valence electrons. The molecule has 1 aromatic rings. The van der Waals surface area contributed by atoms with Crippen LogP contribution in [0.3, 0.4) is 0 Å². The van der Waals surface area contributed by atoms with E-state index in [1.807, 2.05) is 11.9 Å². The molecule has 0 aliphatic heterocycles. The number of hydrogen-bond donors (Lipinski definition) is 1. The van der Waals surface area contributed by atoms with Crippen molar-refractivity contribution in [3.05, 3.63) is 21.8 Å². The summed E-state index contributed by atoms with van der Waals surface area (Å²) in [4.78, 5) is 5.98. The first kappa shape index (κ1) is 10.8. The lowest BCUT2D eigenvalue weighted by molar-refractivity contribution is 0.304. The van der Waals surface area contributed by atoms with E-state index in [2.05, 4.69) is 20.9 Å². The third kappa shape index (κ3) is 2.83. The standard InChI is InChI=1S/C8H10BrClN2O/c1-12(2-3-13)8-7(9)4-6(10)5-11-8/h4-5,13H,2-3H2,1H3. The van der Waals surface area contributed by atoms with E-state index in [0.717, 1.165) is 10.3 Å². The van der Waals surface area contributed by atoms with Crippen LogP contribution in [0.5, 0.6) is 0 Å². The van der Waals surface area contributed by atoms with E-state index in [1.54, 1.807) is 12.3 Å². The molecule has 0 bridgehead atoms. The van der Waals surface area contributed by atoms with Crippen molar-refractivity contribution in [2.45, 2.75) is 0 Å². The molecule has 0 aromatic carbocycles. The smallest absolute Gasteiger partial charge is 0.142 e. The van der Waals surface area contributed by atoms with E-state index in [9.17, 15) is 0 Å². The van der Waals surface area contributed by atoms with Gasteiger partial charge in [-0.25, -0.2) is 4.98 Å². The van der Waals surface area contributed by atoms with Gasteiger partial charge in [0.1, 0.15) is 5.82 Å². The second-order valence-corrected chi connectivity index (χ2v) is 3.89. The number of hydrogen-bond acceptors (Lipinski definition) is 3. The number of nitrogens with zero attached hydrogens (tertiary/aromatic N) is 2. The Balaban J connectivity index is 2.88. The van der Waals surface area contributed by atoms with Crippen molar-refractivity contribution in [1.82, 2.24) is 4.98 Å². The average molecular weight is 266 g/mol. The molecule has 1 aromatic heterocycles. The zero-order valence-electron chi connectivity index (χ0n) is 7.17. The zero-order chi connectivity index (χ0) is 9.84. The topological polar surface area (TPSA) is 36.4 Å². The van der Waals surface area contributed by atoms with Gasteiger partial charge < -0.3 is 10.0 Å². The molecular weight excluding hydrogens is 255 g/mol. The van der Waals surface area contributed by atoms with Gasteiger partial charge in [0, 0.05) is 19.8 Å². The van der Waals surface area contributed by atoms with Gasteiger partial charge in [0.2, 0.25) is 0 Å². The predicted octanol–water partition coefficient (Wildman–Crippen LogP) is 1.93. The van der Waals surface area contributed by atoms with Crippen LogP contribution in [0.15, 0.2) is 16.7 Å². The molecule has 1 N–H and O–H groups in total. The second-order valence-electron chi connectivity index (χ2n) is 2.60. The van der Waals surface area contributed by atoms with Crippen LogP contribution in [0.25, 0.3) is 0 Å². The highest BCUT2D eigenvalue weighted by Crippen LogP contribution is 2.25. The number of aliphatic hydroxyl groups is 1. The van der Waals surface area contributed by atoms with Crippen LogP contribution in [0.1, 0.15) is 0 Å². The highest BCUT2D eigenvalue weighted by molar-refractivity contribution is 9.10. The lowest BCUT2D eigenvalue weighted by atomic mass is 10.4. The minimum Gasteiger partial charge on any atom is -0.395 e. The second kappa shape index (κ2) is 4.79. The molecule has 1 heterocycles. The molecule has 0 spiro atoms. The van der Waals surface area contributed by atoms with E-state index in [1.165, 1.54) is 0 Å². The van der Waals surface area contributed by atoms with Crippen LogP contribution < -0.4 is 4.90 Å². The van der Waals surface area contributed by atoms with Gasteiger partial charge in [-0.1, -0.05) is 11.6 Å². The molecule has 0 saturated carbocycles. The van der Waals surface area contributed by atoms with Crippen molar-refractivity contribution in [1.29, 1.82) is 0 Å². The van der Waals surface area contributed by atoms with Crippen LogP contribution in [0.2, 0.25) is 5.02 Å². The van der Waals surface area contributed by atoms with E-state index in [4.69, 9.17) is 16.7 Å².